The summed E-state index contributed by atoms with van der Waals surface area (Å²) in [4.78, 5) is 54.7. The summed E-state index contributed by atoms with van der Waals surface area (Å²) >= 11 is -1.74. The molecule has 2 N–H and O–H groups in total. The highest BCUT2D eigenvalue weighted by molar-refractivity contribution is 7.92. The number of methoxy groups -OCH3 is 1. The zero-order valence-corrected chi connectivity index (χ0v) is 26.6. The molecule has 2 unspecified atom stereocenters. The Labute approximate surface area is 270 Å². The third-order valence-electron chi connectivity index (χ3n) is 7.31. The predicted molar refractivity (Wildman–Crippen MR) is 169 cm³/mol. The van der Waals surface area contributed by atoms with Crippen LogP contribution in [0.3, 0.4) is 0 Å². The van der Waals surface area contributed by atoms with Crippen molar-refractivity contribution in [3.8, 4) is 0 Å². The van der Waals surface area contributed by atoms with Crippen molar-refractivity contribution in [3.63, 3.8) is 0 Å². The number of hydrogen-bond acceptors (Lipinski definition) is 8. The van der Waals surface area contributed by atoms with Gasteiger partial charge < -0.3 is 29.4 Å². The average Bonchev–Trinajstić information content (AvgIpc) is 3.04. The first kappa shape index (κ1) is 32.6. The van der Waals surface area contributed by atoms with Gasteiger partial charge in [-0.05, 0) is 48.6 Å². The van der Waals surface area contributed by atoms with E-state index in [2.05, 4.69) is 10.6 Å². The predicted octanol–water partition coefficient (Wildman–Crippen LogP) is 3.86. The molecule has 5 rings (SSSR count). The molecule has 4 atom stereocenters. The lowest BCUT2D eigenvalue weighted by Gasteiger charge is -2.49. The van der Waals surface area contributed by atoms with E-state index in [0.717, 1.165) is 4.90 Å². The van der Waals surface area contributed by atoms with E-state index in [1.165, 1.54) is 7.11 Å². The second-order valence-corrected chi connectivity index (χ2v) is 13.2. The highest BCUT2D eigenvalue weighted by Crippen LogP contribution is 2.39. The highest BCUT2D eigenvalue weighted by Gasteiger charge is 2.62. The van der Waals surface area contributed by atoms with E-state index in [0.29, 0.717) is 16.7 Å². The Morgan fingerprint density at radius 2 is 1.41 bits per heavy atom. The Hall–Kier alpha value is -4.81. The largest absolute Gasteiger partial charge is 0.614 e. The molecule has 3 amide bonds. The van der Waals surface area contributed by atoms with Crippen LogP contribution in [-0.2, 0) is 39.8 Å². The van der Waals surface area contributed by atoms with Crippen molar-refractivity contribution in [1.29, 1.82) is 0 Å². The molecular weight excluding hydrogens is 610 g/mol. The molecule has 11 nitrogen and oxygen atoms in total. The number of rotatable bonds is 9. The van der Waals surface area contributed by atoms with Crippen molar-refractivity contribution in [1.82, 2.24) is 15.5 Å². The summed E-state index contributed by atoms with van der Waals surface area (Å²) in [6.07, 6.45) is -1.63. The fourth-order valence-electron chi connectivity index (χ4n) is 5.24. The Morgan fingerprint density at radius 3 is 1.91 bits per heavy atom. The molecule has 240 valence electrons. The molecule has 2 aliphatic rings. The molecule has 46 heavy (non-hydrogen) atoms. The van der Waals surface area contributed by atoms with E-state index in [-0.39, 0.29) is 17.2 Å². The molecule has 2 aliphatic heterocycles. The average molecular weight is 646 g/mol. The number of carbonyl (C=O) groups is 4. The first-order chi connectivity index (χ1) is 22.0. The van der Waals surface area contributed by atoms with Crippen molar-refractivity contribution in [3.05, 3.63) is 119 Å². The van der Waals surface area contributed by atoms with Crippen molar-refractivity contribution >= 4 is 35.1 Å². The van der Waals surface area contributed by atoms with Gasteiger partial charge in [-0.15, -0.1) is 0 Å². The third-order valence-corrected chi connectivity index (χ3v) is 8.88. The molecule has 0 bridgehead atoms. The van der Waals surface area contributed by atoms with Crippen LogP contribution in [0.2, 0.25) is 0 Å². The maximum Gasteiger partial charge on any atom is 0.408 e. The molecule has 0 spiro atoms. The minimum Gasteiger partial charge on any atom is -0.614 e. The number of alkyl carbamates (subject to hydrolysis) is 1. The van der Waals surface area contributed by atoms with Crippen LogP contribution < -0.4 is 10.6 Å². The summed E-state index contributed by atoms with van der Waals surface area (Å²) in [6, 6.07) is 24.3. The third kappa shape index (κ3) is 7.03. The SMILES string of the molecule is COC1=C(C(=O)OC(c2ccccc2)c2ccccc2)N2C(=O)[C@@H](NC(=O)C(NC(=O)OC(C)(C)C)c3ccccc3)[C@H]2[S+]([O-])C1. The number of benzene rings is 3. The first-order valence-corrected chi connectivity index (χ1v) is 16.0. The lowest BCUT2D eigenvalue weighted by molar-refractivity contribution is -0.155. The normalized spacial score (nSPS) is 19.8. The number of fused-ring (bicyclic) bond motifs is 1. The minimum absolute atomic E-state index is 0.0336. The van der Waals surface area contributed by atoms with Gasteiger partial charge in [0, 0.05) is 0 Å². The maximum absolute atomic E-state index is 13.8. The van der Waals surface area contributed by atoms with Crippen LogP contribution in [0, 0.1) is 0 Å². The van der Waals surface area contributed by atoms with Crippen molar-refractivity contribution in [2.24, 2.45) is 0 Å². The number of nitrogens with one attached hydrogen (secondary N) is 2. The second kappa shape index (κ2) is 13.7. The Balaban J connectivity index is 1.38. The number of β-lactam (4-membered cyclic amide) rings is 1. The Morgan fingerprint density at radius 1 is 0.891 bits per heavy atom. The Kier molecular flexibility index (Phi) is 9.68. The highest BCUT2D eigenvalue weighted by atomic mass is 32.2. The van der Waals surface area contributed by atoms with E-state index >= 15 is 0 Å². The topological polar surface area (TPSA) is 146 Å². The molecule has 0 radical (unpaired) electrons. The van der Waals surface area contributed by atoms with Crippen molar-refractivity contribution in [2.75, 3.05) is 12.9 Å². The van der Waals surface area contributed by atoms with Crippen molar-refractivity contribution < 1.29 is 37.9 Å². The van der Waals surface area contributed by atoms with E-state index in [9.17, 15) is 23.7 Å². The first-order valence-electron chi connectivity index (χ1n) is 14.6. The molecule has 1 saturated heterocycles. The van der Waals surface area contributed by atoms with Gasteiger partial charge in [-0.3, -0.25) is 14.5 Å². The molecule has 0 aliphatic carbocycles. The van der Waals surface area contributed by atoms with Gasteiger partial charge in [-0.25, -0.2) is 9.59 Å². The molecule has 1 fully saturated rings. The summed E-state index contributed by atoms with van der Waals surface area (Å²) in [7, 11) is 1.32. The summed E-state index contributed by atoms with van der Waals surface area (Å²) in [6.45, 7) is 5.07. The number of esters is 1. The lowest BCUT2D eigenvalue weighted by atomic mass is 10.0. The summed E-state index contributed by atoms with van der Waals surface area (Å²) in [5.41, 5.74) is 0.870. The fourth-order valence-corrected chi connectivity index (χ4v) is 6.86. The number of hydrogen-bond donors (Lipinski definition) is 2. The summed E-state index contributed by atoms with van der Waals surface area (Å²) in [5.74, 6) is -2.38. The van der Waals surface area contributed by atoms with Crippen LogP contribution in [-0.4, -0.2) is 63.2 Å². The van der Waals surface area contributed by atoms with E-state index < -0.39 is 64.2 Å². The van der Waals surface area contributed by atoms with E-state index in [1.807, 2.05) is 60.7 Å². The second-order valence-electron chi connectivity index (χ2n) is 11.7. The number of nitrogens with zero attached hydrogens (tertiary/aromatic N) is 1. The zero-order valence-electron chi connectivity index (χ0n) is 25.8. The van der Waals surface area contributed by atoms with Gasteiger partial charge in [0.05, 0.1) is 7.11 Å². The zero-order chi connectivity index (χ0) is 33.0. The number of ether oxygens (including phenoxy) is 3. The summed E-state index contributed by atoms with van der Waals surface area (Å²) < 4.78 is 30.2. The van der Waals surface area contributed by atoms with Gasteiger partial charge in [0.2, 0.25) is 11.3 Å². The maximum atomic E-state index is 13.8. The van der Waals surface area contributed by atoms with Gasteiger partial charge in [0.15, 0.2) is 29.4 Å². The minimum atomic E-state index is -1.74. The molecule has 3 aromatic carbocycles. The standard InChI is InChI=1S/C34H35N3O8S/c1-34(2,3)45-33(41)36-25(21-14-8-5-9-15-21)29(38)35-26-30(39)37-27(24(43-4)20-46(42)31(26)37)32(40)44-28(22-16-10-6-11-17-22)23-18-12-7-13-19-23/h5-19,25-26,28,31H,20H2,1-4H3,(H,35,38)(H,36,41)/t25?,26-,31-,46?/m1/s1. The smallest absolute Gasteiger partial charge is 0.408 e. The molecule has 3 aromatic rings. The Bertz CT molecular complexity index is 1570. The van der Waals surface area contributed by atoms with Crippen LogP contribution in [0.4, 0.5) is 4.79 Å². The van der Waals surface area contributed by atoms with Crippen LogP contribution >= 0.6 is 0 Å². The monoisotopic (exact) mass is 645 g/mol. The molecule has 0 aromatic heterocycles. The van der Waals surface area contributed by atoms with Gasteiger partial charge in [0.1, 0.15) is 11.6 Å². The van der Waals surface area contributed by atoms with Crippen LogP contribution in [0.1, 0.15) is 49.6 Å². The lowest BCUT2D eigenvalue weighted by Crippen LogP contribution is -2.75. The van der Waals surface area contributed by atoms with Crippen LogP contribution in [0.15, 0.2) is 102 Å². The van der Waals surface area contributed by atoms with Gasteiger partial charge in [0.25, 0.3) is 5.91 Å². The quantitative estimate of drug-likeness (QED) is 0.203. The summed E-state index contributed by atoms with van der Waals surface area (Å²) in [5, 5.41) is 4.13. The van der Waals surface area contributed by atoms with E-state index in [1.54, 1.807) is 51.1 Å². The number of amides is 3. The molecular formula is C34H35N3O8S. The number of carbonyl (C=O) groups excluding carboxylic acids is 4. The van der Waals surface area contributed by atoms with Gasteiger partial charge >= 0.3 is 12.1 Å². The van der Waals surface area contributed by atoms with Crippen LogP contribution in [0.5, 0.6) is 0 Å². The van der Waals surface area contributed by atoms with Crippen molar-refractivity contribution in [2.45, 2.75) is 49.9 Å². The van der Waals surface area contributed by atoms with E-state index in [4.69, 9.17) is 14.2 Å². The van der Waals surface area contributed by atoms with Crippen LogP contribution in [0.25, 0.3) is 0 Å². The fraction of sp³-hybridized carbons (Fsp3) is 0.294. The molecule has 12 heteroatoms. The molecule has 2 heterocycles. The molecule has 0 saturated carbocycles. The van der Waals surface area contributed by atoms with Gasteiger partial charge in [-0.1, -0.05) is 91.0 Å². The van der Waals surface area contributed by atoms with Gasteiger partial charge in [-0.2, -0.15) is 0 Å².